The number of nitrogens with one attached hydrogen (secondary N) is 1. The monoisotopic (exact) mass is 448 g/mol. The van der Waals surface area contributed by atoms with E-state index in [-0.39, 0.29) is 5.91 Å². The number of hydrogen-bond acceptors (Lipinski definition) is 5. The molecule has 0 atom stereocenters. The van der Waals surface area contributed by atoms with Crippen molar-refractivity contribution in [3.63, 3.8) is 0 Å². The summed E-state index contributed by atoms with van der Waals surface area (Å²) in [5.74, 6) is -0.470. The minimum Gasteiger partial charge on any atom is -0.422 e. The number of amides is 1. The summed E-state index contributed by atoms with van der Waals surface area (Å²) in [6, 6.07) is 21.6. The number of thiophene rings is 1. The van der Waals surface area contributed by atoms with Gasteiger partial charge in [0.05, 0.1) is 11.2 Å². The van der Waals surface area contributed by atoms with Crippen LogP contribution in [0, 0.1) is 6.92 Å². The van der Waals surface area contributed by atoms with Crippen molar-refractivity contribution in [2.24, 2.45) is 5.10 Å². The van der Waals surface area contributed by atoms with Crippen LogP contribution < -0.4 is 10.2 Å². The van der Waals surface area contributed by atoms with E-state index in [4.69, 9.17) is 16.3 Å². The number of benzene rings is 3. The van der Waals surface area contributed by atoms with Gasteiger partial charge in [0.25, 0.3) is 5.91 Å². The third-order valence-corrected chi connectivity index (χ3v) is 6.10. The Labute approximate surface area is 187 Å². The summed E-state index contributed by atoms with van der Waals surface area (Å²) in [7, 11) is 0. The molecule has 3 aromatic carbocycles. The molecule has 1 N–H and O–H groups in total. The first kappa shape index (κ1) is 20.8. The maximum Gasteiger partial charge on any atom is 0.355 e. The van der Waals surface area contributed by atoms with Crippen molar-refractivity contribution >= 4 is 51.1 Å². The van der Waals surface area contributed by atoms with E-state index in [0.717, 1.165) is 15.6 Å². The molecule has 0 aliphatic heterocycles. The fourth-order valence-electron chi connectivity index (χ4n) is 2.97. The summed E-state index contributed by atoms with van der Waals surface area (Å²) in [5, 5.41) is 5.20. The van der Waals surface area contributed by atoms with Crippen LogP contribution in [-0.2, 0) is 0 Å². The van der Waals surface area contributed by atoms with E-state index in [2.05, 4.69) is 10.5 Å². The number of esters is 1. The third kappa shape index (κ3) is 4.82. The van der Waals surface area contributed by atoms with Crippen molar-refractivity contribution in [2.45, 2.75) is 6.92 Å². The molecule has 0 spiro atoms. The molecule has 1 aromatic heterocycles. The molecule has 4 aromatic rings. The van der Waals surface area contributed by atoms with E-state index in [1.54, 1.807) is 36.4 Å². The maximum atomic E-state index is 12.6. The van der Waals surface area contributed by atoms with Crippen molar-refractivity contribution in [3.8, 4) is 5.75 Å². The van der Waals surface area contributed by atoms with Crippen LogP contribution in [0.2, 0.25) is 5.02 Å². The summed E-state index contributed by atoms with van der Waals surface area (Å²) in [5.41, 5.74) is 4.67. The molecule has 0 aliphatic carbocycles. The first-order chi connectivity index (χ1) is 15.0. The van der Waals surface area contributed by atoms with Crippen molar-refractivity contribution in [1.82, 2.24) is 5.43 Å². The Morgan fingerprint density at radius 1 is 1.03 bits per heavy atom. The summed E-state index contributed by atoms with van der Waals surface area (Å²) in [6.45, 7) is 1.92. The topological polar surface area (TPSA) is 67.8 Å². The van der Waals surface area contributed by atoms with Gasteiger partial charge < -0.3 is 4.74 Å². The normalized spacial score (nSPS) is 11.0. The van der Waals surface area contributed by atoms with Crippen LogP contribution in [0.4, 0.5) is 0 Å². The fourth-order valence-corrected chi connectivity index (χ4v) is 4.36. The van der Waals surface area contributed by atoms with Crippen molar-refractivity contribution in [3.05, 3.63) is 99.4 Å². The molecule has 0 saturated carbocycles. The highest BCUT2D eigenvalue weighted by Crippen LogP contribution is 2.35. The number of hydrazone groups is 1. The maximum absolute atomic E-state index is 12.6. The Kier molecular flexibility index (Phi) is 6.11. The minimum absolute atomic E-state index is 0.304. The average molecular weight is 449 g/mol. The number of aryl methyl sites for hydroxylation is 1. The zero-order valence-corrected chi connectivity index (χ0v) is 18.0. The number of fused-ring (bicyclic) bond motifs is 1. The molecule has 0 aliphatic rings. The molecular weight excluding hydrogens is 432 g/mol. The lowest BCUT2D eigenvalue weighted by Gasteiger charge is -2.04. The standard InChI is InChI=1S/C24H17ClN2O3S/c1-15-6-4-8-17(12-15)23(28)27-26-14-16-7-5-9-18(13-16)30-24(29)22-21(25)19-10-2-3-11-20(19)31-22/h2-14H,1H3,(H,27,28)/b26-14-. The molecule has 0 unspecified atom stereocenters. The zero-order chi connectivity index (χ0) is 21.8. The SMILES string of the molecule is Cc1cccc(C(=O)N/N=C\c2cccc(OC(=O)c3sc4ccccc4c3Cl)c2)c1. The van der Waals surface area contributed by atoms with Gasteiger partial charge in [0.15, 0.2) is 0 Å². The number of ether oxygens (including phenoxy) is 1. The van der Waals surface area contributed by atoms with Crippen LogP contribution >= 0.6 is 22.9 Å². The number of carbonyl (C=O) groups excluding carboxylic acids is 2. The largest absolute Gasteiger partial charge is 0.422 e. The van der Waals surface area contributed by atoms with Gasteiger partial charge in [0.2, 0.25) is 0 Å². The molecule has 0 bridgehead atoms. The van der Waals surface area contributed by atoms with Crippen LogP contribution in [0.3, 0.4) is 0 Å². The predicted molar refractivity (Wildman–Crippen MR) is 124 cm³/mol. The zero-order valence-electron chi connectivity index (χ0n) is 16.5. The van der Waals surface area contributed by atoms with E-state index < -0.39 is 5.97 Å². The molecule has 154 valence electrons. The van der Waals surface area contributed by atoms with Gasteiger partial charge in [-0.1, -0.05) is 59.6 Å². The van der Waals surface area contributed by atoms with Crippen molar-refractivity contribution in [1.29, 1.82) is 0 Å². The molecule has 5 nitrogen and oxygen atoms in total. The van der Waals surface area contributed by atoms with Gasteiger partial charge in [-0.05, 0) is 42.8 Å². The van der Waals surface area contributed by atoms with Gasteiger partial charge >= 0.3 is 5.97 Å². The molecule has 0 radical (unpaired) electrons. The second kappa shape index (κ2) is 9.12. The molecule has 0 fully saturated rings. The Bertz CT molecular complexity index is 1310. The molecule has 0 saturated heterocycles. The Balaban J connectivity index is 1.44. The molecule has 31 heavy (non-hydrogen) atoms. The number of rotatable bonds is 5. The lowest BCUT2D eigenvalue weighted by atomic mass is 10.1. The smallest absolute Gasteiger partial charge is 0.355 e. The van der Waals surface area contributed by atoms with Gasteiger partial charge in [-0.25, -0.2) is 10.2 Å². The highest BCUT2D eigenvalue weighted by molar-refractivity contribution is 7.21. The molecule has 4 rings (SSSR count). The lowest BCUT2D eigenvalue weighted by molar-refractivity contribution is 0.0740. The second-order valence-corrected chi connectivity index (χ2v) is 8.20. The van der Waals surface area contributed by atoms with Crippen molar-refractivity contribution < 1.29 is 14.3 Å². The third-order valence-electron chi connectivity index (χ3n) is 4.45. The molecule has 1 heterocycles. The predicted octanol–water partition coefficient (Wildman–Crippen LogP) is 5.85. The van der Waals surface area contributed by atoms with Gasteiger partial charge in [0, 0.05) is 15.6 Å². The highest BCUT2D eigenvalue weighted by atomic mass is 35.5. The van der Waals surface area contributed by atoms with Gasteiger partial charge in [-0.15, -0.1) is 11.3 Å². The molecule has 7 heteroatoms. The lowest BCUT2D eigenvalue weighted by Crippen LogP contribution is -2.17. The van der Waals surface area contributed by atoms with Crippen molar-refractivity contribution in [2.75, 3.05) is 0 Å². The van der Waals surface area contributed by atoms with E-state index >= 15 is 0 Å². The van der Waals surface area contributed by atoms with E-state index in [1.807, 2.05) is 43.3 Å². The fraction of sp³-hybridized carbons (Fsp3) is 0.0417. The number of hydrogen-bond donors (Lipinski definition) is 1. The quantitative estimate of drug-likeness (QED) is 0.180. The van der Waals surface area contributed by atoms with Crippen LogP contribution in [0.1, 0.15) is 31.2 Å². The van der Waals surface area contributed by atoms with Crippen LogP contribution in [0.25, 0.3) is 10.1 Å². The Morgan fingerprint density at radius 2 is 1.84 bits per heavy atom. The highest BCUT2D eigenvalue weighted by Gasteiger charge is 2.19. The summed E-state index contributed by atoms with van der Waals surface area (Å²) in [4.78, 5) is 25.1. The van der Waals surface area contributed by atoms with E-state index in [1.165, 1.54) is 17.6 Å². The molecule has 1 amide bonds. The van der Waals surface area contributed by atoms with E-state index in [0.29, 0.717) is 26.8 Å². The summed E-state index contributed by atoms with van der Waals surface area (Å²) < 4.78 is 6.42. The van der Waals surface area contributed by atoms with Gasteiger partial charge in [-0.3, -0.25) is 4.79 Å². The average Bonchev–Trinajstić information content (AvgIpc) is 3.11. The Hall–Kier alpha value is -3.48. The number of nitrogens with zero attached hydrogens (tertiary/aromatic N) is 1. The molecular formula is C24H17ClN2O3S. The summed E-state index contributed by atoms with van der Waals surface area (Å²) >= 11 is 7.65. The van der Waals surface area contributed by atoms with Gasteiger partial charge in [0.1, 0.15) is 10.6 Å². The first-order valence-electron chi connectivity index (χ1n) is 9.40. The minimum atomic E-state index is -0.520. The number of carbonyl (C=O) groups is 2. The van der Waals surface area contributed by atoms with Crippen LogP contribution in [0.5, 0.6) is 5.75 Å². The van der Waals surface area contributed by atoms with Crippen LogP contribution in [0.15, 0.2) is 77.9 Å². The Morgan fingerprint density at radius 3 is 2.65 bits per heavy atom. The van der Waals surface area contributed by atoms with Gasteiger partial charge in [-0.2, -0.15) is 5.10 Å². The van der Waals surface area contributed by atoms with E-state index in [9.17, 15) is 9.59 Å². The number of halogens is 1. The second-order valence-electron chi connectivity index (χ2n) is 6.77. The summed E-state index contributed by atoms with van der Waals surface area (Å²) in [6.07, 6.45) is 1.48. The van der Waals surface area contributed by atoms with Crippen LogP contribution in [-0.4, -0.2) is 18.1 Å². The first-order valence-corrected chi connectivity index (χ1v) is 10.6.